The largest absolute Gasteiger partial charge is 0.497 e. The molecule has 1 atom stereocenters. The monoisotopic (exact) mass is 445 g/mol. The van der Waals surface area contributed by atoms with Gasteiger partial charge in [0.25, 0.3) is 0 Å². The quantitative estimate of drug-likeness (QED) is 0.321. The van der Waals surface area contributed by atoms with Gasteiger partial charge in [0, 0.05) is 17.0 Å². The fourth-order valence-corrected chi connectivity index (χ4v) is 3.91. The van der Waals surface area contributed by atoms with Gasteiger partial charge < -0.3 is 9.30 Å². The Balaban J connectivity index is 0.00000141. The number of methoxy groups -OCH3 is 1. The molecule has 0 N–H and O–H groups in total. The van der Waals surface area contributed by atoms with Gasteiger partial charge in [0.05, 0.1) is 37.2 Å². The summed E-state index contributed by atoms with van der Waals surface area (Å²) in [5.74, 6) is 1.82. The first kappa shape index (κ1) is 23.4. The Labute approximate surface area is 195 Å². The molecule has 4 rings (SSSR count). The van der Waals surface area contributed by atoms with E-state index < -0.39 is 0 Å². The smallest absolute Gasteiger partial charge is 0.121 e. The highest BCUT2D eigenvalue weighted by Crippen LogP contribution is 2.31. The predicted octanol–water partition coefficient (Wildman–Crippen LogP) is 6.99. The second-order valence-electron chi connectivity index (χ2n) is 7.30. The third kappa shape index (κ3) is 4.95. The first-order valence-corrected chi connectivity index (χ1v) is 11.2. The maximum Gasteiger partial charge on any atom is 0.121 e. The zero-order valence-electron chi connectivity index (χ0n) is 19.0. The van der Waals surface area contributed by atoms with Crippen LogP contribution in [0.25, 0.3) is 11.0 Å². The van der Waals surface area contributed by atoms with Gasteiger partial charge in [-0.25, -0.2) is 4.98 Å². The second kappa shape index (κ2) is 10.8. The van der Waals surface area contributed by atoms with Gasteiger partial charge in [-0.15, -0.1) is 0 Å². The van der Waals surface area contributed by atoms with Crippen molar-refractivity contribution in [2.45, 2.75) is 39.7 Å². The van der Waals surface area contributed by atoms with E-state index in [0.29, 0.717) is 13.0 Å². The van der Waals surface area contributed by atoms with E-state index in [1.165, 1.54) is 0 Å². The van der Waals surface area contributed by atoms with Gasteiger partial charge >= 0.3 is 0 Å². The van der Waals surface area contributed by atoms with Crippen LogP contribution in [-0.4, -0.2) is 16.7 Å². The molecule has 5 heteroatoms. The lowest BCUT2D eigenvalue weighted by atomic mass is 9.98. The second-order valence-corrected chi connectivity index (χ2v) is 7.71. The Bertz CT molecular complexity index is 1220. The molecule has 0 fully saturated rings. The Morgan fingerprint density at radius 2 is 1.78 bits per heavy atom. The van der Waals surface area contributed by atoms with E-state index in [1.54, 1.807) is 7.11 Å². The van der Waals surface area contributed by atoms with E-state index in [0.717, 1.165) is 44.3 Å². The molecule has 3 aromatic carbocycles. The zero-order valence-corrected chi connectivity index (χ0v) is 19.7. The molecular formula is C27H28ClN3O. The van der Waals surface area contributed by atoms with Crippen molar-refractivity contribution in [1.29, 1.82) is 5.26 Å². The third-order valence-corrected chi connectivity index (χ3v) is 5.79. The van der Waals surface area contributed by atoms with Crippen LogP contribution in [0.5, 0.6) is 5.75 Å². The summed E-state index contributed by atoms with van der Waals surface area (Å²) < 4.78 is 7.62. The SMILES string of the molecule is CC.COc1ccc2c(c1)nc(C(C)c1ccc(CC#N)cc1)n2Cc1ccccc1Cl. The summed E-state index contributed by atoms with van der Waals surface area (Å²) in [6.07, 6.45) is 0.416. The molecule has 4 aromatic rings. The van der Waals surface area contributed by atoms with Gasteiger partial charge in [-0.05, 0) is 34.9 Å². The maximum atomic E-state index is 8.91. The molecule has 0 aliphatic heterocycles. The first-order valence-electron chi connectivity index (χ1n) is 10.8. The summed E-state index contributed by atoms with van der Waals surface area (Å²) in [5, 5.41) is 9.66. The highest BCUT2D eigenvalue weighted by Gasteiger charge is 2.19. The van der Waals surface area contributed by atoms with Crippen molar-refractivity contribution in [1.82, 2.24) is 9.55 Å². The van der Waals surface area contributed by atoms with Crippen LogP contribution in [-0.2, 0) is 13.0 Å². The number of ether oxygens (including phenoxy) is 1. The number of rotatable bonds is 6. The van der Waals surface area contributed by atoms with Gasteiger partial charge in [0.15, 0.2) is 0 Å². The lowest BCUT2D eigenvalue weighted by Gasteiger charge is -2.16. The molecule has 0 saturated heterocycles. The summed E-state index contributed by atoms with van der Waals surface area (Å²) in [4.78, 5) is 4.97. The van der Waals surface area contributed by atoms with E-state index in [9.17, 15) is 0 Å². The number of halogens is 1. The van der Waals surface area contributed by atoms with Crippen LogP contribution in [0.1, 0.15) is 49.2 Å². The molecule has 32 heavy (non-hydrogen) atoms. The Morgan fingerprint density at radius 1 is 1.06 bits per heavy atom. The Hall–Kier alpha value is -3.29. The molecule has 0 saturated carbocycles. The van der Waals surface area contributed by atoms with Gasteiger partial charge in [0.1, 0.15) is 11.6 Å². The van der Waals surface area contributed by atoms with Gasteiger partial charge in [-0.1, -0.05) is 74.8 Å². The van der Waals surface area contributed by atoms with Crippen LogP contribution in [0.15, 0.2) is 66.7 Å². The van der Waals surface area contributed by atoms with E-state index in [1.807, 2.05) is 68.4 Å². The van der Waals surface area contributed by atoms with Crippen LogP contribution in [0, 0.1) is 11.3 Å². The van der Waals surface area contributed by atoms with Crippen molar-refractivity contribution >= 4 is 22.6 Å². The summed E-state index contributed by atoms with van der Waals surface area (Å²) in [6, 6.07) is 24.2. The minimum Gasteiger partial charge on any atom is -0.497 e. The number of hydrogen-bond donors (Lipinski definition) is 0. The lowest BCUT2D eigenvalue weighted by molar-refractivity contribution is 0.415. The van der Waals surface area contributed by atoms with Crippen molar-refractivity contribution in [2.24, 2.45) is 0 Å². The van der Waals surface area contributed by atoms with Gasteiger partial charge in [-0.3, -0.25) is 0 Å². The van der Waals surface area contributed by atoms with E-state index in [2.05, 4.69) is 29.7 Å². The molecule has 4 nitrogen and oxygen atoms in total. The molecular weight excluding hydrogens is 418 g/mol. The van der Waals surface area contributed by atoms with E-state index in [-0.39, 0.29) is 5.92 Å². The number of hydrogen-bond acceptors (Lipinski definition) is 3. The molecule has 0 aliphatic carbocycles. The minimum absolute atomic E-state index is 0.0713. The standard InChI is InChI=1S/C25H22ClN3O.C2H6/c1-17(19-9-7-18(8-10-19)13-14-27)25-28-23-15-21(30-2)11-12-24(23)29(25)16-20-5-3-4-6-22(20)26;1-2/h3-12,15,17H,13,16H2,1-2H3;1-2H3. The number of benzene rings is 3. The van der Waals surface area contributed by atoms with Crippen molar-refractivity contribution in [2.75, 3.05) is 7.11 Å². The number of imidazole rings is 1. The lowest BCUT2D eigenvalue weighted by Crippen LogP contribution is -2.09. The van der Waals surface area contributed by atoms with E-state index >= 15 is 0 Å². The van der Waals surface area contributed by atoms with Crippen molar-refractivity contribution in [3.05, 3.63) is 94.3 Å². The number of aromatic nitrogens is 2. The molecule has 0 radical (unpaired) electrons. The average molecular weight is 446 g/mol. The highest BCUT2D eigenvalue weighted by atomic mass is 35.5. The Kier molecular flexibility index (Phi) is 7.92. The number of nitrogens with zero attached hydrogens (tertiary/aromatic N) is 3. The number of nitriles is 1. The van der Waals surface area contributed by atoms with Crippen LogP contribution < -0.4 is 4.74 Å². The van der Waals surface area contributed by atoms with E-state index in [4.69, 9.17) is 26.6 Å². The number of fused-ring (bicyclic) bond motifs is 1. The molecule has 0 bridgehead atoms. The van der Waals surface area contributed by atoms with Crippen molar-refractivity contribution in [3.8, 4) is 11.8 Å². The maximum absolute atomic E-state index is 8.91. The molecule has 0 spiro atoms. The van der Waals surface area contributed by atoms with Crippen molar-refractivity contribution < 1.29 is 4.74 Å². The minimum atomic E-state index is 0.0713. The topological polar surface area (TPSA) is 50.8 Å². The molecule has 164 valence electrons. The summed E-state index contributed by atoms with van der Waals surface area (Å²) in [7, 11) is 1.66. The fraction of sp³-hybridized carbons (Fsp3) is 0.259. The van der Waals surface area contributed by atoms with Crippen LogP contribution in [0.3, 0.4) is 0 Å². The third-order valence-electron chi connectivity index (χ3n) is 5.42. The van der Waals surface area contributed by atoms with Crippen LogP contribution in [0.2, 0.25) is 5.02 Å². The predicted molar refractivity (Wildman–Crippen MR) is 131 cm³/mol. The molecule has 1 heterocycles. The van der Waals surface area contributed by atoms with Crippen molar-refractivity contribution in [3.63, 3.8) is 0 Å². The molecule has 0 aliphatic rings. The summed E-state index contributed by atoms with van der Waals surface area (Å²) >= 11 is 6.46. The van der Waals surface area contributed by atoms with Crippen LogP contribution in [0.4, 0.5) is 0 Å². The normalized spacial score (nSPS) is 11.4. The summed E-state index contributed by atoms with van der Waals surface area (Å²) in [5.41, 5.74) is 5.15. The van der Waals surface area contributed by atoms with Gasteiger partial charge in [0.2, 0.25) is 0 Å². The molecule has 1 unspecified atom stereocenters. The zero-order chi connectivity index (χ0) is 23.1. The van der Waals surface area contributed by atoms with Crippen LogP contribution >= 0.6 is 11.6 Å². The fourth-order valence-electron chi connectivity index (χ4n) is 3.71. The average Bonchev–Trinajstić information content (AvgIpc) is 3.19. The Morgan fingerprint density at radius 3 is 2.44 bits per heavy atom. The molecule has 0 amide bonds. The van der Waals surface area contributed by atoms with Gasteiger partial charge in [-0.2, -0.15) is 5.26 Å². The molecule has 1 aromatic heterocycles. The summed E-state index contributed by atoms with van der Waals surface area (Å²) in [6.45, 7) is 6.79. The highest BCUT2D eigenvalue weighted by molar-refractivity contribution is 6.31. The first-order chi connectivity index (χ1) is 15.6.